The second-order valence-corrected chi connectivity index (χ2v) is 5.98. The van der Waals surface area contributed by atoms with Gasteiger partial charge in [0.1, 0.15) is 5.75 Å². The van der Waals surface area contributed by atoms with Crippen molar-refractivity contribution in [2.75, 3.05) is 6.61 Å². The summed E-state index contributed by atoms with van der Waals surface area (Å²) in [5.74, 6) is 6.75. The van der Waals surface area contributed by atoms with Gasteiger partial charge >= 0.3 is 0 Å². The van der Waals surface area contributed by atoms with Gasteiger partial charge in [0.25, 0.3) is 0 Å². The van der Waals surface area contributed by atoms with Crippen LogP contribution < -0.4 is 16.0 Å². The first-order valence-corrected chi connectivity index (χ1v) is 7.16. The van der Waals surface area contributed by atoms with Crippen LogP contribution in [0.15, 0.2) is 18.2 Å². The van der Waals surface area contributed by atoms with Crippen molar-refractivity contribution in [3.05, 3.63) is 44.9 Å². The first kappa shape index (κ1) is 12.6. The summed E-state index contributed by atoms with van der Waals surface area (Å²) in [6, 6.07) is 6.28. The number of rotatable bonds is 3. The summed E-state index contributed by atoms with van der Waals surface area (Å²) >= 11 is 1.69. The highest BCUT2D eigenvalue weighted by Gasteiger charge is 2.21. The molecule has 0 fully saturated rings. The molecule has 3 N–H and O–H groups in total. The normalized spacial score (nSPS) is 15.1. The lowest BCUT2D eigenvalue weighted by molar-refractivity contribution is 0.357. The van der Waals surface area contributed by atoms with Gasteiger partial charge in [-0.15, -0.1) is 11.3 Å². The summed E-state index contributed by atoms with van der Waals surface area (Å²) in [4.78, 5) is 5.66. The van der Waals surface area contributed by atoms with Crippen LogP contribution in [0.25, 0.3) is 0 Å². The molecule has 2 heterocycles. The standard InChI is InChI=1S/C14H17N3OS/c1-8-14(19-9(2)16-8)13(17-15)11-3-4-12-10(7-11)5-6-18-12/h3-4,7,13,17H,5-6,15H2,1-2H3. The molecule has 5 heteroatoms. The highest BCUT2D eigenvalue weighted by Crippen LogP contribution is 2.33. The molecule has 0 amide bonds. The smallest absolute Gasteiger partial charge is 0.122 e. The van der Waals surface area contributed by atoms with Gasteiger partial charge in [0.2, 0.25) is 0 Å². The SMILES string of the molecule is Cc1nc(C)c(C(NN)c2ccc3c(c2)CCO3)s1. The molecule has 0 aliphatic carbocycles. The summed E-state index contributed by atoms with van der Waals surface area (Å²) in [5.41, 5.74) is 6.38. The number of aryl methyl sites for hydroxylation is 2. The molecule has 1 aromatic heterocycles. The van der Waals surface area contributed by atoms with E-state index in [-0.39, 0.29) is 6.04 Å². The topological polar surface area (TPSA) is 60.2 Å². The number of hydrogen-bond acceptors (Lipinski definition) is 5. The Morgan fingerprint density at radius 3 is 2.95 bits per heavy atom. The third-order valence-corrected chi connectivity index (χ3v) is 4.55. The maximum atomic E-state index is 5.76. The Morgan fingerprint density at radius 1 is 1.42 bits per heavy atom. The minimum atomic E-state index is -0.00269. The lowest BCUT2D eigenvalue weighted by Crippen LogP contribution is -2.28. The van der Waals surface area contributed by atoms with Gasteiger partial charge in [0.05, 0.1) is 28.2 Å². The monoisotopic (exact) mass is 275 g/mol. The number of thiazole rings is 1. The number of nitrogens with two attached hydrogens (primary N) is 1. The Balaban J connectivity index is 2.00. The second kappa shape index (κ2) is 4.92. The summed E-state index contributed by atoms with van der Waals surface area (Å²) in [6.45, 7) is 4.82. The molecule has 1 unspecified atom stereocenters. The molecule has 19 heavy (non-hydrogen) atoms. The number of fused-ring (bicyclic) bond motifs is 1. The molecule has 3 rings (SSSR count). The van der Waals surface area contributed by atoms with Gasteiger partial charge in [-0.3, -0.25) is 5.84 Å². The van der Waals surface area contributed by atoms with Crippen LogP contribution in [0, 0.1) is 13.8 Å². The van der Waals surface area contributed by atoms with Crippen LogP contribution in [0.3, 0.4) is 0 Å². The maximum Gasteiger partial charge on any atom is 0.122 e. The Kier molecular flexibility index (Phi) is 3.26. The lowest BCUT2D eigenvalue weighted by atomic mass is 10.0. The van der Waals surface area contributed by atoms with E-state index in [1.165, 1.54) is 16.0 Å². The predicted octanol–water partition coefficient (Wildman–Crippen LogP) is 2.25. The summed E-state index contributed by atoms with van der Waals surface area (Å²) < 4.78 is 5.54. The zero-order valence-electron chi connectivity index (χ0n) is 11.1. The van der Waals surface area contributed by atoms with Crippen LogP contribution in [0.2, 0.25) is 0 Å². The Morgan fingerprint density at radius 2 is 2.26 bits per heavy atom. The van der Waals surface area contributed by atoms with Crippen molar-refractivity contribution in [3.63, 3.8) is 0 Å². The number of hydrogen-bond donors (Lipinski definition) is 2. The molecule has 0 saturated carbocycles. The molecule has 0 saturated heterocycles. The van der Waals surface area contributed by atoms with Crippen LogP contribution in [-0.2, 0) is 6.42 Å². The molecule has 0 spiro atoms. The molecule has 2 aromatic rings. The average Bonchev–Trinajstić information content (AvgIpc) is 2.97. The van der Waals surface area contributed by atoms with Crippen LogP contribution in [-0.4, -0.2) is 11.6 Å². The van der Waals surface area contributed by atoms with Crippen LogP contribution in [0.4, 0.5) is 0 Å². The van der Waals surface area contributed by atoms with E-state index in [2.05, 4.69) is 22.5 Å². The molecule has 0 bridgehead atoms. The quantitative estimate of drug-likeness (QED) is 0.666. The number of benzene rings is 1. The number of nitrogens with zero attached hydrogens (tertiary/aromatic N) is 1. The van der Waals surface area contributed by atoms with Crippen molar-refractivity contribution in [2.45, 2.75) is 26.3 Å². The van der Waals surface area contributed by atoms with Crippen molar-refractivity contribution in [1.29, 1.82) is 0 Å². The van der Waals surface area contributed by atoms with E-state index in [0.717, 1.165) is 29.5 Å². The van der Waals surface area contributed by atoms with E-state index in [0.29, 0.717) is 0 Å². The molecule has 1 atom stereocenters. The number of hydrazine groups is 1. The molecule has 100 valence electrons. The third kappa shape index (κ3) is 2.25. The van der Waals surface area contributed by atoms with E-state index < -0.39 is 0 Å². The fraction of sp³-hybridized carbons (Fsp3) is 0.357. The number of nitrogens with one attached hydrogen (secondary N) is 1. The fourth-order valence-corrected chi connectivity index (χ4v) is 3.54. The average molecular weight is 275 g/mol. The minimum Gasteiger partial charge on any atom is -0.493 e. The van der Waals surface area contributed by atoms with E-state index in [4.69, 9.17) is 10.6 Å². The maximum absolute atomic E-state index is 5.76. The highest BCUT2D eigenvalue weighted by atomic mass is 32.1. The summed E-state index contributed by atoms with van der Waals surface area (Å²) in [5, 5.41) is 1.07. The molecular weight excluding hydrogens is 258 g/mol. The molecule has 1 aliphatic heterocycles. The Hall–Kier alpha value is -1.43. The van der Waals surface area contributed by atoms with Gasteiger partial charge in [0.15, 0.2) is 0 Å². The Bertz CT molecular complexity index is 609. The van der Waals surface area contributed by atoms with Crippen molar-refractivity contribution < 1.29 is 4.74 Å². The fourth-order valence-electron chi connectivity index (χ4n) is 2.52. The van der Waals surface area contributed by atoms with E-state index in [9.17, 15) is 0 Å². The molecule has 0 radical (unpaired) electrons. The summed E-state index contributed by atoms with van der Waals surface area (Å²) in [7, 11) is 0. The van der Waals surface area contributed by atoms with Gasteiger partial charge in [-0.2, -0.15) is 0 Å². The molecular formula is C14H17N3OS. The zero-order chi connectivity index (χ0) is 13.4. The zero-order valence-corrected chi connectivity index (χ0v) is 11.9. The van der Waals surface area contributed by atoms with Crippen LogP contribution in [0.5, 0.6) is 5.75 Å². The van der Waals surface area contributed by atoms with Gasteiger partial charge in [-0.25, -0.2) is 10.4 Å². The van der Waals surface area contributed by atoms with Gasteiger partial charge < -0.3 is 4.74 Å². The van der Waals surface area contributed by atoms with Gasteiger partial charge in [0, 0.05) is 6.42 Å². The number of ether oxygens (including phenoxy) is 1. The third-order valence-electron chi connectivity index (χ3n) is 3.42. The lowest BCUT2D eigenvalue weighted by Gasteiger charge is -2.16. The van der Waals surface area contributed by atoms with Crippen LogP contribution >= 0.6 is 11.3 Å². The summed E-state index contributed by atoms with van der Waals surface area (Å²) in [6.07, 6.45) is 0.973. The first-order valence-electron chi connectivity index (χ1n) is 6.34. The predicted molar refractivity (Wildman–Crippen MR) is 76.4 cm³/mol. The van der Waals surface area contributed by atoms with E-state index >= 15 is 0 Å². The second-order valence-electron chi connectivity index (χ2n) is 4.75. The van der Waals surface area contributed by atoms with Crippen molar-refractivity contribution in [3.8, 4) is 5.75 Å². The molecule has 1 aliphatic rings. The number of aromatic nitrogens is 1. The van der Waals surface area contributed by atoms with Crippen molar-refractivity contribution in [1.82, 2.24) is 10.4 Å². The molecule has 4 nitrogen and oxygen atoms in total. The van der Waals surface area contributed by atoms with Gasteiger partial charge in [-0.1, -0.05) is 6.07 Å². The minimum absolute atomic E-state index is 0.00269. The van der Waals surface area contributed by atoms with E-state index in [1.807, 2.05) is 19.9 Å². The van der Waals surface area contributed by atoms with Crippen molar-refractivity contribution in [2.24, 2.45) is 5.84 Å². The van der Waals surface area contributed by atoms with Gasteiger partial charge in [-0.05, 0) is 37.1 Å². The first-order chi connectivity index (χ1) is 9.19. The van der Waals surface area contributed by atoms with Crippen molar-refractivity contribution >= 4 is 11.3 Å². The molecule has 1 aromatic carbocycles. The van der Waals surface area contributed by atoms with E-state index in [1.54, 1.807) is 11.3 Å². The Labute approximate surface area is 116 Å². The highest BCUT2D eigenvalue weighted by molar-refractivity contribution is 7.11. The van der Waals surface area contributed by atoms with Crippen LogP contribution in [0.1, 0.15) is 32.7 Å². The largest absolute Gasteiger partial charge is 0.493 e.